The predicted octanol–water partition coefficient (Wildman–Crippen LogP) is 5.24. The highest BCUT2D eigenvalue weighted by Gasteiger charge is 2.40. The Balaban J connectivity index is 1.32. The molecule has 34 heavy (non-hydrogen) atoms. The third-order valence-electron chi connectivity index (χ3n) is 7.01. The number of nitrogens with zero attached hydrogens (tertiary/aromatic N) is 1. The maximum absolute atomic E-state index is 13.6. The van der Waals surface area contributed by atoms with Gasteiger partial charge in [0.1, 0.15) is 5.82 Å². The second-order valence-corrected chi connectivity index (χ2v) is 10.9. The molecule has 1 N–H and O–H groups in total. The van der Waals surface area contributed by atoms with Gasteiger partial charge in [-0.05, 0) is 72.4 Å². The van der Waals surface area contributed by atoms with Gasteiger partial charge in [0.25, 0.3) is 15.9 Å². The van der Waals surface area contributed by atoms with Gasteiger partial charge in [-0.3, -0.25) is 9.10 Å². The highest BCUT2D eigenvalue weighted by molar-refractivity contribution is 7.92. The molecule has 1 fully saturated rings. The minimum atomic E-state index is -3.75. The fourth-order valence-corrected chi connectivity index (χ4v) is 6.70. The van der Waals surface area contributed by atoms with Crippen LogP contribution in [0.3, 0.4) is 0 Å². The lowest BCUT2D eigenvalue weighted by molar-refractivity contribution is 0.0951. The fourth-order valence-electron chi connectivity index (χ4n) is 5.19. The lowest BCUT2D eigenvalue weighted by Gasteiger charge is -2.22. The zero-order valence-corrected chi connectivity index (χ0v) is 19.6. The number of fused-ring (bicyclic) bond motifs is 1. The lowest BCUT2D eigenvalue weighted by atomic mass is 9.86. The van der Waals surface area contributed by atoms with Crippen LogP contribution in [-0.4, -0.2) is 20.9 Å². The van der Waals surface area contributed by atoms with Crippen molar-refractivity contribution >= 4 is 21.6 Å². The molecule has 176 valence electrons. The van der Waals surface area contributed by atoms with Gasteiger partial charge in [0, 0.05) is 24.6 Å². The Morgan fingerprint density at radius 2 is 1.62 bits per heavy atom. The highest BCUT2D eigenvalue weighted by atomic mass is 32.2. The van der Waals surface area contributed by atoms with Gasteiger partial charge < -0.3 is 5.32 Å². The van der Waals surface area contributed by atoms with Crippen molar-refractivity contribution in [1.29, 1.82) is 0 Å². The predicted molar refractivity (Wildman–Crippen MR) is 130 cm³/mol. The normalized spacial score (nSPS) is 18.1. The first-order valence-electron chi connectivity index (χ1n) is 11.7. The Bertz CT molecular complexity index is 1280. The van der Waals surface area contributed by atoms with E-state index in [1.807, 2.05) is 18.2 Å². The van der Waals surface area contributed by atoms with Gasteiger partial charge in [-0.2, -0.15) is 0 Å². The number of anilines is 1. The average molecular weight is 479 g/mol. The van der Waals surface area contributed by atoms with Crippen LogP contribution >= 0.6 is 0 Å². The monoisotopic (exact) mass is 478 g/mol. The summed E-state index contributed by atoms with van der Waals surface area (Å²) in [5, 5.41) is 2.78. The van der Waals surface area contributed by atoms with Gasteiger partial charge >= 0.3 is 0 Å². The van der Waals surface area contributed by atoms with Crippen LogP contribution in [0.15, 0.2) is 77.7 Å². The number of benzene rings is 3. The molecule has 7 heteroatoms. The fraction of sp³-hybridized carbons (Fsp3) is 0.296. The Labute approximate surface area is 199 Å². The van der Waals surface area contributed by atoms with Crippen molar-refractivity contribution < 1.29 is 17.6 Å². The summed E-state index contributed by atoms with van der Waals surface area (Å²) in [4.78, 5) is 12.7. The number of para-hydroxylation sites is 1. The Morgan fingerprint density at radius 1 is 0.941 bits per heavy atom. The van der Waals surface area contributed by atoms with Crippen molar-refractivity contribution in [2.24, 2.45) is 5.92 Å². The zero-order valence-electron chi connectivity index (χ0n) is 18.8. The van der Waals surface area contributed by atoms with Gasteiger partial charge in [-0.1, -0.05) is 43.2 Å². The minimum absolute atomic E-state index is 0.171. The molecular weight excluding hydrogens is 451 g/mol. The lowest BCUT2D eigenvalue weighted by Crippen LogP contribution is -2.31. The number of rotatable bonds is 6. The van der Waals surface area contributed by atoms with Gasteiger partial charge in [-0.15, -0.1) is 0 Å². The van der Waals surface area contributed by atoms with Crippen LogP contribution in [0.4, 0.5) is 10.1 Å². The topological polar surface area (TPSA) is 66.5 Å². The maximum Gasteiger partial charge on any atom is 0.264 e. The van der Waals surface area contributed by atoms with Crippen LogP contribution in [0, 0.1) is 11.7 Å². The molecule has 1 aliphatic carbocycles. The molecule has 5 nitrogen and oxygen atoms in total. The van der Waals surface area contributed by atoms with Crippen molar-refractivity contribution in [3.05, 3.63) is 95.3 Å². The number of hydrogen-bond donors (Lipinski definition) is 1. The molecular formula is C27H27FN2O3S. The molecule has 3 aromatic rings. The van der Waals surface area contributed by atoms with E-state index in [-0.39, 0.29) is 29.1 Å². The Morgan fingerprint density at radius 3 is 2.32 bits per heavy atom. The first kappa shape index (κ1) is 22.6. The number of amides is 1. The molecule has 5 rings (SSSR count). The average Bonchev–Trinajstić information content (AvgIpc) is 3.52. The van der Waals surface area contributed by atoms with E-state index in [0.29, 0.717) is 18.0 Å². The number of sulfonamides is 1. The third kappa shape index (κ3) is 4.32. The minimum Gasteiger partial charge on any atom is -0.348 e. The van der Waals surface area contributed by atoms with Crippen LogP contribution in [0.1, 0.15) is 53.1 Å². The van der Waals surface area contributed by atoms with Crippen LogP contribution < -0.4 is 9.62 Å². The van der Waals surface area contributed by atoms with Gasteiger partial charge in [0.15, 0.2) is 0 Å². The molecule has 1 heterocycles. The summed E-state index contributed by atoms with van der Waals surface area (Å²) in [6.07, 6.45) is 4.71. The molecule has 3 aromatic carbocycles. The molecule has 0 spiro atoms. The second-order valence-electron chi connectivity index (χ2n) is 9.08. The van der Waals surface area contributed by atoms with Crippen molar-refractivity contribution in [1.82, 2.24) is 5.32 Å². The van der Waals surface area contributed by atoms with Crippen LogP contribution in [0.2, 0.25) is 0 Å². The molecule has 1 amide bonds. The highest BCUT2D eigenvalue weighted by Crippen LogP contribution is 2.47. The van der Waals surface area contributed by atoms with E-state index in [1.54, 1.807) is 12.1 Å². The summed E-state index contributed by atoms with van der Waals surface area (Å²) in [5.41, 5.74) is 3.03. The summed E-state index contributed by atoms with van der Waals surface area (Å²) in [5.74, 6) is 0.0988. The number of halogens is 1. The van der Waals surface area contributed by atoms with Gasteiger partial charge in [-0.25, -0.2) is 12.8 Å². The Kier molecular flexibility index (Phi) is 6.13. The molecule has 1 unspecified atom stereocenters. The van der Waals surface area contributed by atoms with Crippen molar-refractivity contribution in [3.63, 3.8) is 0 Å². The molecule has 1 atom stereocenters. The smallest absolute Gasteiger partial charge is 0.264 e. The van der Waals surface area contributed by atoms with E-state index in [4.69, 9.17) is 0 Å². The molecule has 1 saturated carbocycles. The van der Waals surface area contributed by atoms with E-state index >= 15 is 0 Å². The van der Waals surface area contributed by atoms with Gasteiger partial charge in [0.2, 0.25) is 0 Å². The first-order chi connectivity index (χ1) is 16.4. The molecule has 0 bridgehead atoms. The van der Waals surface area contributed by atoms with Crippen molar-refractivity contribution in [3.8, 4) is 0 Å². The molecule has 0 aromatic heterocycles. The molecule has 2 aliphatic rings. The van der Waals surface area contributed by atoms with E-state index in [9.17, 15) is 17.6 Å². The van der Waals surface area contributed by atoms with Crippen molar-refractivity contribution in [2.45, 2.75) is 43.0 Å². The third-order valence-corrected chi connectivity index (χ3v) is 8.80. The van der Waals surface area contributed by atoms with Crippen LogP contribution in [-0.2, 0) is 16.6 Å². The summed E-state index contributed by atoms with van der Waals surface area (Å²) >= 11 is 0. The zero-order chi connectivity index (χ0) is 23.7. The van der Waals surface area contributed by atoms with E-state index < -0.39 is 10.0 Å². The summed E-state index contributed by atoms with van der Waals surface area (Å²) in [6, 6.07) is 19.8. The van der Waals surface area contributed by atoms with Gasteiger partial charge in [0.05, 0.1) is 10.6 Å². The first-order valence-corrected chi connectivity index (χ1v) is 13.1. The standard InChI is InChI=1S/C27H27FN2O3S/c28-22-13-9-19(10-14-22)17-29-27(31)21-11-15-23(16-12-21)34(32,33)30-18-25(20-5-1-2-6-20)24-7-3-4-8-26(24)30/h3-4,7-16,20,25H,1-2,5-6,17-18H2,(H,29,31). The van der Waals surface area contributed by atoms with Crippen LogP contribution in [0.5, 0.6) is 0 Å². The van der Waals surface area contributed by atoms with Crippen LogP contribution in [0.25, 0.3) is 0 Å². The molecule has 0 radical (unpaired) electrons. The number of carbonyl (C=O) groups excluding carboxylic acids is 1. The summed E-state index contributed by atoms with van der Waals surface area (Å²) < 4.78 is 41.7. The maximum atomic E-state index is 13.6. The number of carbonyl (C=O) groups is 1. The van der Waals surface area contributed by atoms with E-state index in [0.717, 1.165) is 29.7 Å². The largest absolute Gasteiger partial charge is 0.348 e. The quantitative estimate of drug-likeness (QED) is 0.527. The van der Waals surface area contributed by atoms with E-state index in [2.05, 4.69) is 11.4 Å². The molecule has 0 saturated heterocycles. The second kappa shape index (κ2) is 9.22. The number of hydrogen-bond acceptors (Lipinski definition) is 3. The molecule has 1 aliphatic heterocycles. The number of nitrogens with one attached hydrogen (secondary N) is 1. The summed E-state index contributed by atoms with van der Waals surface area (Å²) in [7, 11) is -3.75. The SMILES string of the molecule is O=C(NCc1ccc(F)cc1)c1ccc(S(=O)(=O)N2CC(C3CCCC3)c3ccccc32)cc1. The van der Waals surface area contributed by atoms with Crippen molar-refractivity contribution in [2.75, 3.05) is 10.8 Å². The Hall–Kier alpha value is -3.19. The van der Waals surface area contributed by atoms with E-state index in [1.165, 1.54) is 53.5 Å². The summed E-state index contributed by atoms with van der Waals surface area (Å²) in [6.45, 7) is 0.721.